The Morgan fingerprint density at radius 2 is 2.00 bits per heavy atom. The van der Waals surface area contributed by atoms with Gasteiger partial charge in [0, 0.05) is 17.1 Å². The topological polar surface area (TPSA) is 68.3 Å². The van der Waals surface area contributed by atoms with E-state index in [4.69, 9.17) is 5.11 Å². The number of aromatic hydroxyl groups is 1. The number of hydrogen-bond acceptors (Lipinski definition) is 3. The van der Waals surface area contributed by atoms with Gasteiger partial charge in [-0.3, -0.25) is 0 Å². The average molecular weight is 218 g/mol. The molecule has 2 rings (SSSR count). The highest BCUT2D eigenvalue weighted by molar-refractivity contribution is 5.86. The van der Waals surface area contributed by atoms with Gasteiger partial charge in [0.15, 0.2) is 5.88 Å². The Balaban J connectivity index is 0.000000606. The van der Waals surface area contributed by atoms with Crippen molar-refractivity contribution in [3.05, 3.63) is 23.8 Å². The monoisotopic (exact) mass is 218 g/mol. The zero-order chi connectivity index (χ0) is 12.1. The van der Waals surface area contributed by atoms with E-state index in [9.17, 15) is 5.11 Å². The number of H-pyrrole nitrogens is 1. The van der Waals surface area contributed by atoms with Crippen LogP contribution in [0.25, 0.3) is 10.9 Å². The molecule has 0 unspecified atom stereocenters. The lowest BCUT2D eigenvalue weighted by Gasteiger charge is -2.06. The molecule has 0 spiro atoms. The van der Waals surface area contributed by atoms with Crippen molar-refractivity contribution in [1.29, 1.82) is 0 Å². The minimum absolute atomic E-state index is 0.0982. The van der Waals surface area contributed by atoms with Crippen LogP contribution in [0.5, 0.6) is 5.88 Å². The van der Waals surface area contributed by atoms with Gasteiger partial charge in [0.25, 0.3) is 0 Å². The first-order valence-corrected chi connectivity index (χ1v) is 4.71. The summed E-state index contributed by atoms with van der Waals surface area (Å²) in [5.74, 6) is 0.153. The van der Waals surface area contributed by atoms with E-state index < -0.39 is 0 Å². The second-order valence-corrected chi connectivity index (χ2v) is 3.24. The fourth-order valence-corrected chi connectivity index (χ4v) is 1.55. The summed E-state index contributed by atoms with van der Waals surface area (Å²) in [6.45, 7) is 1.85. The number of terminal acetylenes is 1. The van der Waals surface area contributed by atoms with E-state index in [0.29, 0.717) is 0 Å². The molecule has 1 heterocycles. The van der Waals surface area contributed by atoms with Crippen LogP contribution in [-0.2, 0) is 0 Å². The van der Waals surface area contributed by atoms with Crippen molar-refractivity contribution in [2.75, 3.05) is 12.0 Å². The van der Waals surface area contributed by atoms with E-state index in [1.807, 2.05) is 19.1 Å². The van der Waals surface area contributed by atoms with Crippen molar-refractivity contribution < 1.29 is 10.2 Å². The number of fused-ring (bicyclic) bond motifs is 1. The minimum atomic E-state index is -0.0982. The molecule has 0 aliphatic rings. The molecule has 16 heavy (non-hydrogen) atoms. The number of aliphatic hydroxyl groups excluding tert-OH is 1. The van der Waals surface area contributed by atoms with Gasteiger partial charge in [-0.15, -0.1) is 12.8 Å². The van der Waals surface area contributed by atoms with Crippen molar-refractivity contribution in [2.45, 2.75) is 6.92 Å². The zero-order valence-corrected chi connectivity index (χ0v) is 8.99. The van der Waals surface area contributed by atoms with Crippen molar-refractivity contribution in [2.24, 2.45) is 0 Å². The van der Waals surface area contributed by atoms with Gasteiger partial charge >= 0.3 is 0 Å². The summed E-state index contributed by atoms with van der Waals surface area (Å²) in [5, 5.41) is 21.8. The average Bonchev–Trinajstić information content (AvgIpc) is 2.61. The van der Waals surface area contributed by atoms with E-state index in [1.165, 1.54) is 0 Å². The molecule has 4 heteroatoms. The van der Waals surface area contributed by atoms with Crippen molar-refractivity contribution in [1.82, 2.24) is 4.98 Å². The molecule has 84 valence electrons. The lowest BCUT2D eigenvalue weighted by atomic mass is 10.1. The fourth-order valence-electron chi connectivity index (χ4n) is 1.55. The Bertz CT molecular complexity index is 500. The number of aryl methyl sites for hydroxylation is 1. The van der Waals surface area contributed by atoms with Gasteiger partial charge in [-0.25, -0.2) is 0 Å². The number of hydrogen-bond donors (Lipinski definition) is 4. The molecule has 4 N–H and O–H groups in total. The second-order valence-electron chi connectivity index (χ2n) is 3.24. The zero-order valence-electron chi connectivity index (χ0n) is 8.99. The number of aliphatic hydroxyl groups is 1. The Morgan fingerprint density at radius 3 is 2.62 bits per heavy atom. The molecule has 0 saturated carbocycles. The molecular formula is C12H14N2O2. The van der Waals surface area contributed by atoms with E-state index in [2.05, 4.69) is 23.1 Å². The van der Waals surface area contributed by atoms with Gasteiger partial charge in [0.05, 0.1) is 5.52 Å². The molecule has 0 atom stereocenters. The number of aromatic nitrogens is 1. The van der Waals surface area contributed by atoms with Crippen LogP contribution in [0.1, 0.15) is 5.56 Å². The predicted octanol–water partition coefficient (Wildman–Crippen LogP) is 1.79. The molecule has 0 amide bonds. The van der Waals surface area contributed by atoms with Gasteiger partial charge < -0.3 is 20.5 Å². The molecule has 0 aliphatic carbocycles. The summed E-state index contributed by atoms with van der Waals surface area (Å²) < 4.78 is 0. The first kappa shape index (κ1) is 12.0. The lowest BCUT2D eigenvalue weighted by molar-refractivity contribution is 0.325. The summed E-state index contributed by atoms with van der Waals surface area (Å²) in [6, 6.07) is 5.48. The molecule has 0 bridgehead atoms. The van der Waals surface area contributed by atoms with E-state index in [-0.39, 0.29) is 12.6 Å². The third-order valence-corrected chi connectivity index (χ3v) is 2.22. The summed E-state index contributed by atoms with van der Waals surface area (Å²) in [5.41, 5.74) is 2.75. The highest BCUT2D eigenvalue weighted by Crippen LogP contribution is 2.25. The number of benzene rings is 1. The number of anilines is 1. The van der Waals surface area contributed by atoms with Crippen LogP contribution >= 0.6 is 0 Å². The van der Waals surface area contributed by atoms with Gasteiger partial charge in [-0.05, 0) is 24.6 Å². The van der Waals surface area contributed by atoms with Crippen LogP contribution in [0.3, 0.4) is 0 Å². The summed E-state index contributed by atoms with van der Waals surface area (Å²) in [7, 11) is 0. The van der Waals surface area contributed by atoms with E-state index >= 15 is 0 Å². The molecule has 1 aromatic heterocycles. The Labute approximate surface area is 93.9 Å². The highest BCUT2D eigenvalue weighted by atomic mass is 16.3. The summed E-state index contributed by atoms with van der Waals surface area (Å²) in [6.07, 6.45) is 8.00. The summed E-state index contributed by atoms with van der Waals surface area (Å²) >= 11 is 0. The Kier molecular flexibility index (Phi) is 3.81. The second kappa shape index (κ2) is 5.10. The van der Waals surface area contributed by atoms with Gasteiger partial charge in [0.2, 0.25) is 0 Å². The Hall–Kier alpha value is -2.12. The smallest absolute Gasteiger partial charge is 0.189 e. The maximum Gasteiger partial charge on any atom is 0.189 e. The van der Waals surface area contributed by atoms with Crippen LogP contribution in [0, 0.1) is 19.8 Å². The number of rotatable bonds is 2. The van der Waals surface area contributed by atoms with Crippen molar-refractivity contribution in [3.63, 3.8) is 0 Å². The molecule has 0 fully saturated rings. The lowest BCUT2D eigenvalue weighted by Crippen LogP contribution is -2.00. The minimum Gasteiger partial charge on any atom is -0.495 e. The maximum atomic E-state index is 9.24. The van der Waals surface area contributed by atoms with Crippen LogP contribution in [-0.4, -0.2) is 21.9 Å². The standard InChI is InChI=1S/C10H12N2O2.C2H2/c1-6-2-7-3-10(14)12-9(7)4-8(6)11-5-13;1-2/h2-4,11-14H,5H2,1H3;1-2H. The molecule has 1 aromatic carbocycles. The largest absolute Gasteiger partial charge is 0.495 e. The number of aromatic amines is 1. The summed E-state index contributed by atoms with van der Waals surface area (Å²) in [4.78, 5) is 2.82. The van der Waals surface area contributed by atoms with Crippen molar-refractivity contribution >= 4 is 16.6 Å². The molecule has 0 radical (unpaired) electrons. The normalized spacial score (nSPS) is 9.50. The van der Waals surface area contributed by atoms with Gasteiger partial charge in [-0.2, -0.15) is 0 Å². The molecule has 0 saturated heterocycles. The van der Waals surface area contributed by atoms with Crippen LogP contribution in [0.2, 0.25) is 0 Å². The van der Waals surface area contributed by atoms with Gasteiger partial charge in [-0.1, -0.05) is 0 Å². The highest BCUT2D eigenvalue weighted by Gasteiger charge is 2.03. The van der Waals surface area contributed by atoms with Crippen LogP contribution < -0.4 is 5.32 Å². The molecule has 2 aromatic rings. The third kappa shape index (κ3) is 2.27. The first-order chi connectivity index (χ1) is 7.70. The van der Waals surface area contributed by atoms with Gasteiger partial charge in [0.1, 0.15) is 6.73 Å². The number of nitrogens with one attached hydrogen (secondary N) is 2. The molecule has 0 aliphatic heterocycles. The quantitative estimate of drug-likeness (QED) is 0.459. The fraction of sp³-hybridized carbons (Fsp3) is 0.167. The first-order valence-electron chi connectivity index (χ1n) is 4.71. The van der Waals surface area contributed by atoms with Crippen molar-refractivity contribution in [3.8, 4) is 18.7 Å². The Morgan fingerprint density at radius 1 is 1.31 bits per heavy atom. The van der Waals surface area contributed by atoms with Crippen LogP contribution in [0.4, 0.5) is 5.69 Å². The molecular weight excluding hydrogens is 204 g/mol. The SMILES string of the molecule is C#C.Cc1cc2cc(O)[nH]c2cc1NCO. The van der Waals surface area contributed by atoms with Crippen LogP contribution in [0.15, 0.2) is 18.2 Å². The van der Waals surface area contributed by atoms with E-state index in [0.717, 1.165) is 22.2 Å². The third-order valence-electron chi connectivity index (χ3n) is 2.22. The molecule has 4 nitrogen and oxygen atoms in total. The predicted molar refractivity (Wildman–Crippen MR) is 65.3 cm³/mol. The van der Waals surface area contributed by atoms with E-state index in [1.54, 1.807) is 6.07 Å². The maximum absolute atomic E-state index is 9.24.